The molecular formula is C22H29NO2. The van der Waals surface area contributed by atoms with Crippen LogP contribution in [0.3, 0.4) is 0 Å². The van der Waals surface area contributed by atoms with E-state index in [1.807, 2.05) is 49.4 Å². The van der Waals surface area contributed by atoms with Crippen LogP contribution in [-0.2, 0) is 11.2 Å². The lowest BCUT2D eigenvalue weighted by atomic mass is 10.0. The third-order valence-corrected chi connectivity index (χ3v) is 4.31. The van der Waals surface area contributed by atoms with Gasteiger partial charge in [-0.15, -0.1) is 0 Å². The summed E-state index contributed by atoms with van der Waals surface area (Å²) < 4.78 is 5.92. The SMILES string of the molecule is CC(C)c1ccccc1O[C@@H](C)C(=O)N[C@@H](C)CCc1ccccc1. The van der Waals surface area contributed by atoms with Gasteiger partial charge in [0.2, 0.25) is 0 Å². The third kappa shape index (κ3) is 5.93. The van der Waals surface area contributed by atoms with Gasteiger partial charge in [-0.05, 0) is 49.8 Å². The van der Waals surface area contributed by atoms with Crippen molar-refractivity contribution in [2.45, 2.75) is 58.6 Å². The maximum absolute atomic E-state index is 12.4. The second kappa shape index (κ2) is 9.26. The number of hydrogen-bond acceptors (Lipinski definition) is 2. The average Bonchev–Trinajstić information content (AvgIpc) is 2.61. The zero-order valence-corrected chi connectivity index (χ0v) is 15.7. The van der Waals surface area contributed by atoms with Crippen LogP contribution in [0.2, 0.25) is 0 Å². The molecule has 0 spiro atoms. The number of carbonyl (C=O) groups excluding carboxylic acids is 1. The van der Waals surface area contributed by atoms with Crippen molar-refractivity contribution in [3.8, 4) is 5.75 Å². The van der Waals surface area contributed by atoms with Crippen molar-refractivity contribution in [2.75, 3.05) is 0 Å². The molecule has 2 aromatic carbocycles. The van der Waals surface area contributed by atoms with Gasteiger partial charge in [0.15, 0.2) is 6.10 Å². The summed E-state index contributed by atoms with van der Waals surface area (Å²) in [7, 11) is 0. The molecule has 1 N–H and O–H groups in total. The van der Waals surface area contributed by atoms with Gasteiger partial charge in [-0.1, -0.05) is 62.4 Å². The monoisotopic (exact) mass is 339 g/mol. The maximum atomic E-state index is 12.4. The molecule has 2 aromatic rings. The number of amides is 1. The number of rotatable bonds is 8. The highest BCUT2D eigenvalue weighted by molar-refractivity contribution is 5.81. The Bertz CT molecular complexity index is 667. The molecule has 0 saturated carbocycles. The minimum atomic E-state index is -0.515. The molecule has 0 aromatic heterocycles. The number of benzene rings is 2. The molecule has 1 amide bonds. The topological polar surface area (TPSA) is 38.3 Å². The Kier molecular flexibility index (Phi) is 7.05. The lowest BCUT2D eigenvalue weighted by Crippen LogP contribution is -2.41. The molecule has 0 aliphatic heterocycles. The first kappa shape index (κ1) is 19.0. The number of carbonyl (C=O) groups is 1. The lowest BCUT2D eigenvalue weighted by Gasteiger charge is -2.21. The molecule has 25 heavy (non-hydrogen) atoms. The molecule has 0 saturated heterocycles. The van der Waals surface area contributed by atoms with E-state index in [0.717, 1.165) is 24.2 Å². The van der Waals surface area contributed by atoms with Gasteiger partial charge in [-0.3, -0.25) is 4.79 Å². The normalized spacial score (nSPS) is 13.3. The van der Waals surface area contributed by atoms with Crippen molar-refractivity contribution < 1.29 is 9.53 Å². The predicted octanol–water partition coefficient (Wildman–Crippen LogP) is 4.71. The van der Waals surface area contributed by atoms with E-state index in [0.29, 0.717) is 5.92 Å². The van der Waals surface area contributed by atoms with Crippen molar-refractivity contribution in [1.82, 2.24) is 5.32 Å². The molecule has 2 atom stereocenters. The van der Waals surface area contributed by atoms with E-state index < -0.39 is 6.10 Å². The Hall–Kier alpha value is -2.29. The fourth-order valence-electron chi connectivity index (χ4n) is 2.77. The van der Waals surface area contributed by atoms with Gasteiger partial charge in [0.25, 0.3) is 5.91 Å². The molecule has 0 radical (unpaired) electrons. The Morgan fingerprint density at radius 2 is 1.60 bits per heavy atom. The molecule has 0 aliphatic carbocycles. The Balaban J connectivity index is 1.85. The Morgan fingerprint density at radius 1 is 0.960 bits per heavy atom. The summed E-state index contributed by atoms with van der Waals surface area (Å²) in [6, 6.07) is 18.4. The number of aryl methyl sites for hydroxylation is 1. The van der Waals surface area contributed by atoms with E-state index in [4.69, 9.17) is 4.74 Å². The fraction of sp³-hybridized carbons (Fsp3) is 0.409. The van der Waals surface area contributed by atoms with E-state index in [-0.39, 0.29) is 11.9 Å². The second-order valence-corrected chi connectivity index (χ2v) is 6.89. The first-order valence-electron chi connectivity index (χ1n) is 9.07. The van der Waals surface area contributed by atoms with Crippen LogP contribution in [0.5, 0.6) is 5.75 Å². The van der Waals surface area contributed by atoms with Gasteiger partial charge in [-0.2, -0.15) is 0 Å². The molecule has 0 aliphatic rings. The van der Waals surface area contributed by atoms with Crippen molar-refractivity contribution in [1.29, 1.82) is 0 Å². The number of nitrogens with one attached hydrogen (secondary N) is 1. The standard InChI is InChI=1S/C22H29NO2/c1-16(2)20-12-8-9-13-21(20)25-18(4)22(24)23-17(3)14-15-19-10-6-5-7-11-19/h5-13,16-18H,14-15H2,1-4H3,(H,23,24)/t17-,18-/m0/s1. The smallest absolute Gasteiger partial charge is 0.260 e. The van der Waals surface area contributed by atoms with Crippen molar-refractivity contribution >= 4 is 5.91 Å². The minimum absolute atomic E-state index is 0.0703. The van der Waals surface area contributed by atoms with Gasteiger partial charge in [-0.25, -0.2) is 0 Å². The van der Waals surface area contributed by atoms with Crippen LogP contribution in [-0.4, -0.2) is 18.1 Å². The summed E-state index contributed by atoms with van der Waals surface area (Å²) in [6.45, 7) is 8.09. The quantitative estimate of drug-likeness (QED) is 0.756. The van der Waals surface area contributed by atoms with Crippen LogP contribution in [0.4, 0.5) is 0 Å². The van der Waals surface area contributed by atoms with Gasteiger partial charge in [0.05, 0.1) is 0 Å². The van der Waals surface area contributed by atoms with Crippen molar-refractivity contribution in [3.63, 3.8) is 0 Å². The highest BCUT2D eigenvalue weighted by atomic mass is 16.5. The summed E-state index contributed by atoms with van der Waals surface area (Å²) in [5.41, 5.74) is 2.41. The van der Waals surface area contributed by atoms with Crippen molar-refractivity contribution in [2.24, 2.45) is 0 Å². The third-order valence-electron chi connectivity index (χ3n) is 4.31. The zero-order chi connectivity index (χ0) is 18.2. The van der Waals surface area contributed by atoms with Crippen LogP contribution in [0.25, 0.3) is 0 Å². The van der Waals surface area contributed by atoms with Crippen LogP contribution >= 0.6 is 0 Å². The summed E-state index contributed by atoms with van der Waals surface area (Å²) >= 11 is 0. The summed E-state index contributed by atoms with van der Waals surface area (Å²) in [5, 5.41) is 3.05. The van der Waals surface area contributed by atoms with E-state index in [1.54, 1.807) is 6.92 Å². The summed E-state index contributed by atoms with van der Waals surface area (Å²) in [4.78, 5) is 12.4. The average molecular weight is 339 g/mol. The molecule has 0 fully saturated rings. The van der Waals surface area contributed by atoms with Crippen LogP contribution in [0.15, 0.2) is 54.6 Å². The van der Waals surface area contributed by atoms with E-state index in [9.17, 15) is 4.79 Å². The molecule has 3 nitrogen and oxygen atoms in total. The van der Waals surface area contributed by atoms with E-state index in [2.05, 4.69) is 31.3 Å². The predicted molar refractivity (Wildman–Crippen MR) is 103 cm³/mol. The molecule has 2 rings (SSSR count). The van der Waals surface area contributed by atoms with Crippen LogP contribution in [0, 0.1) is 0 Å². The molecule has 134 valence electrons. The highest BCUT2D eigenvalue weighted by Gasteiger charge is 2.18. The first-order valence-corrected chi connectivity index (χ1v) is 9.07. The Labute approximate surface area is 151 Å². The van der Waals surface area contributed by atoms with Gasteiger partial charge in [0.1, 0.15) is 5.75 Å². The van der Waals surface area contributed by atoms with Gasteiger partial charge >= 0.3 is 0 Å². The van der Waals surface area contributed by atoms with Crippen LogP contribution < -0.4 is 10.1 Å². The summed E-state index contributed by atoms with van der Waals surface area (Å²) in [6.07, 6.45) is 1.35. The zero-order valence-electron chi connectivity index (χ0n) is 15.7. The number of ether oxygens (including phenoxy) is 1. The maximum Gasteiger partial charge on any atom is 0.260 e. The summed E-state index contributed by atoms with van der Waals surface area (Å²) in [5.74, 6) is 1.08. The van der Waals surface area contributed by atoms with Gasteiger partial charge < -0.3 is 10.1 Å². The number of para-hydroxylation sites is 1. The highest BCUT2D eigenvalue weighted by Crippen LogP contribution is 2.26. The van der Waals surface area contributed by atoms with Crippen LogP contribution in [0.1, 0.15) is 51.2 Å². The lowest BCUT2D eigenvalue weighted by molar-refractivity contribution is -0.127. The first-order chi connectivity index (χ1) is 12.0. The molecule has 0 bridgehead atoms. The van der Waals surface area contributed by atoms with Crippen molar-refractivity contribution in [3.05, 3.63) is 65.7 Å². The molecule has 0 heterocycles. The second-order valence-electron chi connectivity index (χ2n) is 6.89. The fourth-order valence-corrected chi connectivity index (χ4v) is 2.77. The van der Waals surface area contributed by atoms with E-state index in [1.165, 1.54) is 5.56 Å². The molecule has 3 heteroatoms. The Morgan fingerprint density at radius 3 is 2.28 bits per heavy atom. The molecular weight excluding hydrogens is 310 g/mol. The number of hydrogen-bond donors (Lipinski definition) is 1. The molecule has 0 unspecified atom stereocenters. The largest absolute Gasteiger partial charge is 0.481 e. The van der Waals surface area contributed by atoms with E-state index >= 15 is 0 Å². The van der Waals surface area contributed by atoms with Gasteiger partial charge in [0, 0.05) is 6.04 Å². The minimum Gasteiger partial charge on any atom is -0.481 e.